The maximum Gasteiger partial charge on any atom is 0.111 e. The van der Waals surface area contributed by atoms with E-state index in [2.05, 4.69) is 41.1 Å². The molecule has 0 aliphatic carbocycles. The summed E-state index contributed by atoms with van der Waals surface area (Å²) in [6.07, 6.45) is 3.65. The summed E-state index contributed by atoms with van der Waals surface area (Å²) in [5.74, 6) is 0.763. The minimum absolute atomic E-state index is 0.672. The molecule has 0 bridgehead atoms. The van der Waals surface area contributed by atoms with Crippen molar-refractivity contribution in [3.05, 3.63) is 35.7 Å². The van der Waals surface area contributed by atoms with Crippen molar-refractivity contribution in [2.75, 3.05) is 13.1 Å². The number of hydrogen-bond donors (Lipinski definition) is 1. The molecule has 0 aromatic carbocycles. The van der Waals surface area contributed by atoms with E-state index < -0.39 is 0 Å². The number of aryl methyl sites for hydroxylation is 1. The van der Waals surface area contributed by atoms with E-state index in [0.717, 1.165) is 29.4 Å². The first kappa shape index (κ1) is 15.2. The molecule has 0 atom stereocenters. The van der Waals surface area contributed by atoms with Crippen LogP contribution < -0.4 is 0 Å². The lowest BCUT2D eigenvalue weighted by Crippen LogP contribution is -2.38. The molecule has 0 amide bonds. The summed E-state index contributed by atoms with van der Waals surface area (Å²) in [6.45, 7) is 9.04. The number of H-pyrrole nitrogens is 1. The van der Waals surface area contributed by atoms with Crippen molar-refractivity contribution in [3.8, 4) is 11.4 Å². The summed E-state index contributed by atoms with van der Waals surface area (Å²) in [7, 11) is 0. The van der Waals surface area contributed by atoms with Gasteiger partial charge >= 0.3 is 0 Å². The summed E-state index contributed by atoms with van der Waals surface area (Å²) in [5, 5.41) is 7.30. The van der Waals surface area contributed by atoms with E-state index in [0.29, 0.717) is 6.04 Å². The van der Waals surface area contributed by atoms with Crippen LogP contribution in [0.5, 0.6) is 0 Å². The summed E-state index contributed by atoms with van der Waals surface area (Å²) in [4.78, 5) is 7.38. The van der Waals surface area contributed by atoms with Crippen molar-refractivity contribution in [1.82, 2.24) is 20.1 Å². The molecule has 1 aliphatic heterocycles. The van der Waals surface area contributed by atoms with Gasteiger partial charge in [-0.2, -0.15) is 5.10 Å². The SMILES string of the molecule is Cc1cc(-c2cccc(CC3CCN(C(C)C)CC3)n2)n[nH]1. The highest BCUT2D eigenvalue weighted by atomic mass is 15.1. The van der Waals surface area contributed by atoms with Gasteiger partial charge in [0.15, 0.2) is 0 Å². The van der Waals surface area contributed by atoms with E-state index in [-0.39, 0.29) is 0 Å². The van der Waals surface area contributed by atoms with E-state index in [1.807, 2.05) is 19.1 Å². The van der Waals surface area contributed by atoms with Crippen LogP contribution in [0.3, 0.4) is 0 Å². The molecule has 2 aromatic heterocycles. The van der Waals surface area contributed by atoms with Crippen LogP contribution in [0.4, 0.5) is 0 Å². The number of rotatable bonds is 4. The Morgan fingerprint density at radius 1 is 1.23 bits per heavy atom. The van der Waals surface area contributed by atoms with Crippen molar-refractivity contribution in [2.24, 2.45) is 5.92 Å². The quantitative estimate of drug-likeness (QED) is 0.940. The second-order valence-corrected chi connectivity index (χ2v) is 6.73. The predicted octanol–water partition coefficient (Wildman–Crippen LogP) is 3.44. The monoisotopic (exact) mass is 298 g/mol. The molecular weight excluding hydrogens is 272 g/mol. The van der Waals surface area contributed by atoms with Gasteiger partial charge in [-0.1, -0.05) is 6.07 Å². The number of aromatic amines is 1. The molecule has 0 saturated carbocycles. The third-order valence-corrected chi connectivity index (χ3v) is 4.65. The zero-order valence-electron chi connectivity index (χ0n) is 13.8. The van der Waals surface area contributed by atoms with Gasteiger partial charge in [-0.15, -0.1) is 0 Å². The molecule has 1 N–H and O–H groups in total. The van der Waals surface area contributed by atoms with Crippen LogP contribution in [0.25, 0.3) is 11.4 Å². The molecule has 4 nitrogen and oxygen atoms in total. The summed E-state index contributed by atoms with van der Waals surface area (Å²) >= 11 is 0. The molecular formula is C18H26N4. The van der Waals surface area contributed by atoms with E-state index in [9.17, 15) is 0 Å². The average Bonchev–Trinajstić information content (AvgIpc) is 2.95. The fraction of sp³-hybridized carbons (Fsp3) is 0.556. The van der Waals surface area contributed by atoms with Crippen LogP contribution >= 0.6 is 0 Å². The van der Waals surface area contributed by atoms with Crippen LogP contribution in [0.2, 0.25) is 0 Å². The van der Waals surface area contributed by atoms with Crippen molar-refractivity contribution in [3.63, 3.8) is 0 Å². The Labute approximate surface area is 133 Å². The fourth-order valence-corrected chi connectivity index (χ4v) is 3.25. The molecule has 1 aliphatic rings. The van der Waals surface area contributed by atoms with E-state index >= 15 is 0 Å². The Kier molecular flexibility index (Phi) is 4.57. The molecule has 0 spiro atoms. The predicted molar refractivity (Wildman–Crippen MR) is 89.7 cm³/mol. The summed E-state index contributed by atoms with van der Waals surface area (Å²) in [6, 6.07) is 9.02. The second kappa shape index (κ2) is 6.61. The maximum absolute atomic E-state index is 4.81. The van der Waals surface area contributed by atoms with Crippen molar-refractivity contribution in [2.45, 2.75) is 46.1 Å². The van der Waals surface area contributed by atoms with Crippen LogP contribution in [0.1, 0.15) is 38.1 Å². The molecule has 22 heavy (non-hydrogen) atoms. The lowest BCUT2D eigenvalue weighted by Gasteiger charge is -2.34. The normalized spacial score (nSPS) is 17.3. The van der Waals surface area contributed by atoms with E-state index in [4.69, 9.17) is 4.98 Å². The molecule has 118 valence electrons. The third kappa shape index (κ3) is 3.55. The highest BCUT2D eigenvalue weighted by molar-refractivity contribution is 5.54. The Balaban J connectivity index is 1.64. The summed E-state index contributed by atoms with van der Waals surface area (Å²) < 4.78 is 0. The van der Waals surface area contributed by atoms with Crippen LogP contribution in [-0.4, -0.2) is 39.2 Å². The first-order chi connectivity index (χ1) is 10.6. The second-order valence-electron chi connectivity index (χ2n) is 6.73. The highest BCUT2D eigenvalue weighted by Gasteiger charge is 2.21. The van der Waals surface area contributed by atoms with Gasteiger partial charge in [-0.05, 0) is 77.2 Å². The van der Waals surface area contributed by atoms with Gasteiger partial charge < -0.3 is 4.90 Å². The Morgan fingerprint density at radius 3 is 2.64 bits per heavy atom. The highest BCUT2D eigenvalue weighted by Crippen LogP contribution is 2.23. The molecule has 4 heteroatoms. The number of aromatic nitrogens is 3. The van der Waals surface area contributed by atoms with Gasteiger partial charge in [0.1, 0.15) is 5.69 Å². The fourth-order valence-electron chi connectivity index (χ4n) is 3.25. The molecule has 3 rings (SSSR count). The number of piperidine rings is 1. The minimum atomic E-state index is 0.672. The molecule has 0 unspecified atom stereocenters. The molecule has 0 radical (unpaired) electrons. The van der Waals surface area contributed by atoms with Crippen LogP contribution in [0.15, 0.2) is 24.3 Å². The zero-order valence-corrected chi connectivity index (χ0v) is 13.8. The topological polar surface area (TPSA) is 44.8 Å². The van der Waals surface area contributed by atoms with E-state index in [1.54, 1.807) is 0 Å². The zero-order chi connectivity index (χ0) is 15.5. The van der Waals surface area contributed by atoms with Crippen LogP contribution in [0, 0.1) is 12.8 Å². The van der Waals surface area contributed by atoms with Gasteiger partial charge in [-0.25, -0.2) is 0 Å². The van der Waals surface area contributed by atoms with Crippen LogP contribution in [-0.2, 0) is 6.42 Å². The molecule has 2 aromatic rings. The molecule has 3 heterocycles. The largest absolute Gasteiger partial charge is 0.301 e. The number of pyridine rings is 1. The molecule has 1 fully saturated rings. The first-order valence-electron chi connectivity index (χ1n) is 8.34. The van der Waals surface area contributed by atoms with Gasteiger partial charge in [0.25, 0.3) is 0 Å². The number of hydrogen-bond acceptors (Lipinski definition) is 3. The molecule has 1 saturated heterocycles. The van der Waals surface area contributed by atoms with Crippen molar-refractivity contribution in [1.29, 1.82) is 0 Å². The Hall–Kier alpha value is -1.68. The first-order valence-corrected chi connectivity index (χ1v) is 8.34. The van der Waals surface area contributed by atoms with Gasteiger partial charge in [-0.3, -0.25) is 10.1 Å². The van der Waals surface area contributed by atoms with Crippen molar-refractivity contribution < 1.29 is 0 Å². The number of likely N-dealkylation sites (tertiary alicyclic amines) is 1. The number of nitrogens with one attached hydrogen (secondary N) is 1. The Bertz CT molecular complexity index is 609. The van der Waals surface area contributed by atoms with E-state index in [1.165, 1.54) is 31.6 Å². The van der Waals surface area contributed by atoms with Gasteiger partial charge in [0.05, 0.1) is 5.69 Å². The third-order valence-electron chi connectivity index (χ3n) is 4.65. The Morgan fingerprint density at radius 2 is 2.00 bits per heavy atom. The van der Waals surface area contributed by atoms with Gasteiger partial charge in [0.2, 0.25) is 0 Å². The lowest BCUT2D eigenvalue weighted by molar-refractivity contribution is 0.149. The van der Waals surface area contributed by atoms with Gasteiger partial charge in [0, 0.05) is 17.4 Å². The lowest BCUT2D eigenvalue weighted by atomic mass is 9.91. The average molecular weight is 298 g/mol. The van der Waals surface area contributed by atoms with Crippen molar-refractivity contribution >= 4 is 0 Å². The minimum Gasteiger partial charge on any atom is -0.301 e. The maximum atomic E-state index is 4.81. The summed E-state index contributed by atoms with van der Waals surface area (Å²) in [5.41, 5.74) is 4.18. The number of nitrogens with zero attached hydrogens (tertiary/aromatic N) is 3. The smallest absolute Gasteiger partial charge is 0.111 e. The standard InChI is InChI=1S/C18H26N4/c1-13(2)22-9-7-15(8-10-22)12-16-5-4-6-17(19-16)18-11-14(3)20-21-18/h4-6,11,13,15H,7-10,12H2,1-3H3,(H,20,21).